The predicted octanol–water partition coefficient (Wildman–Crippen LogP) is 24.6. The number of hydrogen-bond acceptors (Lipinski definition) is 6. The highest BCUT2D eigenvalue weighted by atomic mass is 16.6. The fourth-order valence-corrected chi connectivity index (χ4v) is 10.3. The van der Waals surface area contributed by atoms with E-state index in [2.05, 4.69) is 106 Å². The topological polar surface area (TPSA) is 78.9 Å². The molecule has 0 saturated carbocycles. The summed E-state index contributed by atoms with van der Waals surface area (Å²) in [6.07, 6.45) is 93.1. The van der Waals surface area contributed by atoms with Gasteiger partial charge in [-0.05, 0) is 96.3 Å². The van der Waals surface area contributed by atoms with Gasteiger partial charge in [-0.3, -0.25) is 14.4 Å². The molecule has 0 bridgehead atoms. The van der Waals surface area contributed by atoms with Crippen LogP contribution in [0.4, 0.5) is 0 Å². The Balaban J connectivity index is 4.31. The van der Waals surface area contributed by atoms with Crippen LogP contribution in [0.3, 0.4) is 0 Å². The quantitative estimate of drug-likeness (QED) is 0.0261. The lowest BCUT2D eigenvalue weighted by Crippen LogP contribution is -2.30. The number of unbranched alkanes of at least 4 members (excludes halogenated alkanes) is 40. The van der Waals surface area contributed by atoms with Crippen LogP contribution in [-0.4, -0.2) is 37.2 Å². The summed E-state index contributed by atoms with van der Waals surface area (Å²) >= 11 is 0. The van der Waals surface area contributed by atoms with Gasteiger partial charge < -0.3 is 14.2 Å². The number of hydrogen-bond donors (Lipinski definition) is 0. The smallest absolute Gasteiger partial charge is 0.306 e. The molecule has 6 nitrogen and oxygen atoms in total. The fourth-order valence-electron chi connectivity index (χ4n) is 10.3. The minimum absolute atomic E-state index is 0.0748. The Hall–Kier alpha value is -3.41. The molecule has 0 amide bonds. The number of ether oxygens (including phenoxy) is 3. The molecule has 0 rings (SSSR count). The standard InChI is InChI=1S/C76H134O6/c1-4-7-10-13-16-19-22-25-28-31-33-34-35-36-37-38-39-40-41-42-43-46-48-51-54-57-60-63-66-69-75(78)81-72-73(71-80-74(77)68-65-62-59-56-53-50-47-44-30-27-24-21-18-15-12-9-6-3)82-76(79)70-67-64-61-58-55-52-49-45-32-29-26-23-20-17-14-11-8-5-2/h7,10,16,19,25,28-29,32-34,36-37,39-40,73H,4-6,8-9,11-15,17-18,20-24,26-27,30-31,35,38,41-72H2,1-3H3/b10-7-,19-16-,28-25-,32-29-,34-33-,37-36-,40-39-. The molecule has 1 atom stereocenters. The molecule has 0 N–H and O–H groups in total. The Kier molecular flexibility index (Phi) is 67.2. The molecule has 0 aromatic rings. The van der Waals surface area contributed by atoms with E-state index in [4.69, 9.17) is 14.2 Å². The summed E-state index contributed by atoms with van der Waals surface area (Å²) in [5.41, 5.74) is 0. The molecule has 0 aliphatic heterocycles. The van der Waals surface area contributed by atoms with Crippen LogP contribution < -0.4 is 0 Å². The Morgan fingerprint density at radius 3 is 0.756 bits per heavy atom. The zero-order valence-corrected chi connectivity index (χ0v) is 54.5. The maximum absolute atomic E-state index is 13.0. The first-order valence-electron chi connectivity index (χ1n) is 35.6. The lowest BCUT2D eigenvalue weighted by molar-refractivity contribution is -0.167. The van der Waals surface area contributed by atoms with Crippen LogP contribution >= 0.6 is 0 Å². The summed E-state index contributed by atoms with van der Waals surface area (Å²) in [6, 6.07) is 0. The summed E-state index contributed by atoms with van der Waals surface area (Å²) in [6.45, 7) is 6.57. The van der Waals surface area contributed by atoms with Gasteiger partial charge in [0.25, 0.3) is 0 Å². The molecule has 6 heteroatoms. The van der Waals surface area contributed by atoms with E-state index in [0.29, 0.717) is 19.3 Å². The summed E-state index contributed by atoms with van der Waals surface area (Å²) in [4.78, 5) is 38.5. The number of allylic oxidation sites excluding steroid dienone is 14. The number of carbonyl (C=O) groups excluding carboxylic acids is 3. The highest BCUT2D eigenvalue weighted by Crippen LogP contribution is 2.18. The van der Waals surface area contributed by atoms with Crippen LogP contribution in [0.1, 0.15) is 361 Å². The van der Waals surface area contributed by atoms with E-state index < -0.39 is 6.10 Å². The lowest BCUT2D eigenvalue weighted by atomic mass is 10.0. The Labute approximate surface area is 509 Å². The van der Waals surface area contributed by atoms with Gasteiger partial charge in [0.05, 0.1) is 0 Å². The second kappa shape index (κ2) is 70.1. The lowest BCUT2D eigenvalue weighted by Gasteiger charge is -2.18. The van der Waals surface area contributed by atoms with E-state index in [9.17, 15) is 14.4 Å². The normalized spacial score (nSPS) is 12.6. The average molecular weight is 1140 g/mol. The van der Waals surface area contributed by atoms with Crippen molar-refractivity contribution in [2.45, 2.75) is 367 Å². The molecular weight excluding hydrogens is 1010 g/mol. The molecule has 0 aromatic carbocycles. The molecule has 0 heterocycles. The van der Waals surface area contributed by atoms with Crippen LogP contribution in [-0.2, 0) is 28.6 Å². The molecule has 0 spiro atoms. The van der Waals surface area contributed by atoms with Crippen LogP contribution in [0.25, 0.3) is 0 Å². The van der Waals surface area contributed by atoms with Gasteiger partial charge in [0, 0.05) is 19.3 Å². The van der Waals surface area contributed by atoms with E-state index in [0.717, 1.165) is 96.3 Å². The molecule has 82 heavy (non-hydrogen) atoms. The molecule has 0 radical (unpaired) electrons. The van der Waals surface area contributed by atoms with Gasteiger partial charge in [0.15, 0.2) is 6.10 Å². The van der Waals surface area contributed by atoms with E-state index in [-0.39, 0.29) is 31.1 Å². The molecule has 474 valence electrons. The molecule has 0 saturated heterocycles. The van der Waals surface area contributed by atoms with Gasteiger partial charge in [-0.1, -0.05) is 331 Å². The first-order chi connectivity index (χ1) is 40.5. The Morgan fingerprint density at radius 1 is 0.256 bits per heavy atom. The Bertz CT molecular complexity index is 1550. The summed E-state index contributed by atoms with van der Waals surface area (Å²) < 4.78 is 17.0. The summed E-state index contributed by atoms with van der Waals surface area (Å²) in [7, 11) is 0. The summed E-state index contributed by atoms with van der Waals surface area (Å²) in [5, 5.41) is 0. The van der Waals surface area contributed by atoms with Crippen LogP contribution in [0.2, 0.25) is 0 Å². The van der Waals surface area contributed by atoms with Crippen molar-refractivity contribution in [3.05, 3.63) is 85.1 Å². The SMILES string of the molecule is CC/C=C\C/C=C\C/C=C\C/C=C\C/C=C\C/C=C\CCCCCCCCCCCCC(=O)OCC(COC(=O)CCCCCCCCCCCCCCCCCCC)OC(=O)CCCCCCCCC/C=C\CCCCCCCCC. The Morgan fingerprint density at radius 2 is 0.476 bits per heavy atom. The predicted molar refractivity (Wildman–Crippen MR) is 358 cm³/mol. The molecule has 0 fully saturated rings. The van der Waals surface area contributed by atoms with Crippen molar-refractivity contribution in [3.63, 3.8) is 0 Å². The molecular formula is C76H134O6. The number of esters is 3. The molecule has 0 aliphatic rings. The molecule has 0 aromatic heterocycles. The maximum atomic E-state index is 13.0. The van der Waals surface area contributed by atoms with Crippen molar-refractivity contribution in [2.75, 3.05) is 13.2 Å². The maximum Gasteiger partial charge on any atom is 0.306 e. The largest absolute Gasteiger partial charge is 0.462 e. The third-order valence-electron chi connectivity index (χ3n) is 15.6. The monoisotopic (exact) mass is 1140 g/mol. The third kappa shape index (κ3) is 67.4. The van der Waals surface area contributed by atoms with Gasteiger partial charge >= 0.3 is 17.9 Å². The summed E-state index contributed by atoms with van der Waals surface area (Å²) in [5.74, 6) is -0.862. The highest BCUT2D eigenvalue weighted by Gasteiger charge is 2.19. The van der Waals surface area contributed by atoms with Gasteiger partial charge in [-0.25, -0.2) is 0 Å². The molecule has 0 aliphatic carbocycles. The van der Waals surface area contributed by atoms with Gasteiger partial charge in [0.2, 0.25) is 0 Å². The van der Waals surface area contributed by atoms with Crippen LogP contribution in [0.15, 0.2) is 85.1 Å². The van der Waals surface area contributed by atoms with Crippen molar-refractivity contribution < 1.29 is 28.6 Å². The number of rotatable bonds is 65. The zero-order valence-electron chi connectivity index (χ0n) is 54.5. The van der Waals surface area contributed by atoms with E-state index in [1.54, 1.807) is 0 Å². The fraction of sp³-hybridized carbons (Fsp3) is 0.776. The highest BCUT2D eigenvalue weighted by molar-refractivity contribution is 5.71. The van der Waals surface area contributed by atoms with Crippen LogP contribution in [0.5, 0.6) is 0 Å². The third-order valence-corrected chi connectivity index (χ3v) is 15.6. The van der Waals surface area contributed by atoms with Crippen molar-refractivity contribution in [1.29, 1.82) is 0 Å². The minimum atomic E-state index is -0.780. The van der Waals surface area contributed by atoms with Gasteiger partial charge in [-0.2, -0.15) is 0 Å². The first-order valence-corrected chi connectivity index (χ1v) is 35.6. The second-order valence-electron chi connectivity index (χ2n) is 23.8. The van der Waals surface area contributed by atoms with Crippen molar-refractivity contribution in [1.82, 2.24) is 0 Å². The zero-order chi connectivity index (χ0) is 59.2. The first kappa shape index (κ1) is 78.6. The van der Waals surface area contributed by atoms with E-state index in [1.165, 1.54) is 225 Å². The average Bonchev–Trinajstić information content (AvgIpc) is 3.47. The minimum Gasteiger partial charge on any atom is -0.462 e. The second-order valence-corrected chi connectivity index (χ2v) is 23.8. The van der Waals surface area contributed by atoms with Crippen LogP contribution in [0, 0.1) is 0 Å². The van der Waals surface area contributed by atoms with E-state index >= 15 is 0 Å². The van der Waals surface area contributed by atoms with Crippen molar-refractivity contribution >= 4 is 17.9 Å². The van der Waals surface area contributed by atoms with Gasteiger partial charge in [-0.15, -0.1) is 0 Å². The van der Waals surface area contributed by atoms with Crippen molar-refractivity contribution in [3.8, 4) is 0 Å². The van der Waals surface area contributed by atoms with E-state index in [1.807, 2.05) is 0 Å². The van der Waals surface area contributed by atoms with Crippen molar-refractivity contribution in [2.24, 2.45) is 0 Å². The van der Waals surface area contributed by atoms with Gasteiger partial charge in [0.1, 0.15) is 13.2 Å². The molecule has 1 unspecified atom stereocenters. The number of carbonyl (C=O) groups is 3.